The molecule has 2 aliphatic rings. The summed E-state index contributed by atoms with van der Waals surface area (Å²) in [5, 5.41) is 2.99. The number of aromatic nitrogens is 2. The Balaban J connectivity index is 1.61. The first-order chi connectivity index (χ1) is 11.7. The fourth-order valence-corrected chi connectivity index (χ4v) is 3.80. The van der Waals surface area contributed by atoms with Crippen molar-refractivity contribution in [2.75, 3.05) is 26.7 Å². The van der Waals surface area contributed by atoms with Crippen molar-refractivity contribution in [3.8, 4) is 0 Å². The number of carbonyl (C=O) groups is 1. The Morgan fingerprint density at radius 1 is 1.38 bits per heavy atom. The summed E-state index contributed by atoms with van der Waals surface area (Å²) >= 11 is 0. The number of pyridine rings is 1. The quantitative estimate of drug-likeness (QED) is 0.933. The second kappa shape index (κ2) is 6.53. The maximum Gasteiger partial charge on any atom is 0.272 e. The standard InChI is InChI=1S/C18H24N4O2/c1-21-9-4-8-15(21)17-20-16(14-7-2-3-10-22(14)17)18(23)19-12-13-6-5-11-24-13/h2-3,7,10,13,15H,4-6,8-9,11-12H2,1H3,(H,19,23)/t13-,15+/m1/s1. The van der Waals surface area contributed by atoms with E-state index < -0.39 is 0 Å². The number of amides is 1. The first-order valence-electron chi connectivity index (χ1n) is 8.81. The maximum atomic E-state index is 12.7. The highest BCUT2D eigenvalue weighted by atomic mass is 16.5. The van der Waals surface area contributed by atoms with E-state index in [1.54, 1.807) is 0 Å². The van der Waals surface area contributed by atoms with Gasteiger partial charge in [0.2, 0.25) is 0 Å². The lowest BCUT2D eigenvalue weighted by molar-refractivity contribution is 0.0855. The van der Waals surface area contributed by atoms with Crippen LogP contribution in [0.3, 0.4) is 0 Å². The third-order valence-electron chi connectivity index (χ3n) is 5.12. The Kier molecular flexibility index (Phi) is 4.24. The van der Waals surface area contributed by atoms with E-state index >= 15 is 0 Å². The molecule has 1 amide bonds. The molecule has 24 heavy (non-hydrogen) atoms. The molecule has 4 heterocycles. The highest BCUT2D eigenvalue weighted by molar-refractivity contribution is 5.99. The Morgan fingerprint density at radius 3 is 3.04 bits per heavy atom. The normalized spacial score (nSPS) is 24.7. The third kappa shape index (κ3) is 2.80. The van der Waals surface area contributed by atoms with E-state index in [0.29, 0.717) is 12.2 Å². The second-order valence-electron chi connectivity index (χ2n) is 6.76. The predicted molar refractivity (Wildman–Crippen MR) is 91.1 cm³/mol. The van der Waals surface area contributed by atoms with E-state index in [0.717, 1.165) is 43.8 Å². The molecule has 2 fully saturated rings. The number of nitrogens with one attached hydrogen (secondary N) is 1. The number of hydrogen-bond donors (Lipinski definition) is 1. The monoisotopic (exact) mass is 328 g/mol. The van der Waals surface area contributed by atoms with Gasteiger partial charge in [0.25, 0.3) is 5.91 Å². The largest absolute Gasteiger partial charge is 0.376 e. The molecule has 0 aromatic carbocycles. The lowest BCUT2D eigenvalue weighted by Crippen LogP contribution is -2.32. The van der Waals surface area contributed by atoms with Crippen molar-refractivity contribution in [3.05, 3.63) is 35.9 Å². The summed E-state index contributed by atoms with van der Waals surface area (Å²) < 4.78 is 7.64. The number of nitrogens with zero attached hydrogens (tertiary/aromatic N) is 3. The summed E-state index contributed by atoms with van der Waals surface area (Å²) in [6.45, 7) is 2.43. The topological polar surface area (TPSA) is 58.9 Å². The van der Waals surface area contributed by atoms with Gasteiger partial charge in [0.1, 0.15) is 5.82 Å². The van der Waals surface area contributed by atoms with Gasteiger partial charge in [-0.25, -0.2) is 4.98 Å². The molecule has 0 spiro atoms. The van der Waals surface area contributed by atoms with Crippen molar-refractivity contribution in [3.63, 3.8) is 0 Å². The predicted octanol–water partition coefficient (Wildman–Crippen LogP) is 2.01. The second-order valence-corrected chi connectivity index (χ2v) is 6.76. The first kappa shape index (κ1) is 15.6. The molecule has 4 rings (SSSR count). The SMILES string of the molecule is CN1CCC[C@H]1c1nc(C(=O)NC[C@H]2CCCO2)c2ccccn12. The van der Waals surface area contributed by atoms with E-state index in [1.807, 2.05) is 24.4 Å². The van der Waals surface area contributed by atoms with Crippen LogP contribution in [0.25, 0.3) is 5.52 Å². The lowest BCUT2D eigenvalue weighted by Gasteiger charge is -2.17. The maximum absolute atomic E-state index is 12.7. The molecule has 2 aliphatic heterocycles. The molecule has 6 nitrogen and oxygen atoms in total. The van der Waals surface area contributed by atoms with Gasteiger partial charge in [0.05, 0.1) is 17.7 Å². The Bertz CT molecular complexity index is 736. The average molecular weight is 328 g/mol. The average Bonchev–Trinajstić information content (AvgIpc) is 3.32. The minimum absolute atomic E-state index is 0.110. The van der Waals surface area contributed by atoms with E-state index in [9.17, 15) is 4.79 Å². The summed E-state index contributed by atoms with van der Waals surface area (Å²) in [6.07, 6.45) is 6.49. The molecular formula is C18H24N4O2. The Hall–Kier alpha value is -1.92. The number of hydrogen-bond acceptors (Lipinski definition) is 4. The van der Waals surface area contributed by atoms with E-state index in [-0.39, 0.29) is 18.1 Å². The Labute approximate surface area is 141 Å². The van der Waals surface area contributed by atoms with Gasteiger partial charge in [-0.1, -0.05) is 6.07 Å². The van der Waals surface area contributed by atoms with E-state index in [1.165, 1.54) is 6.42 Å². The van der Waals surface area contributed by atoms with Crippen LogP contribution in [0.2, 0.25) is 0 Å². The zero-order valence-electron chi connectivity index (χ0n) is 14.1. The molecule has 2 saturated heterocycles. The van der Waals surface area contributed by atoms with Gasteiger partial charge < -0.3 is 14.5 Å². The first-order valence-corrected chi connectivity index (χ1v) is 8.81. The molecule has 0 saturated carbocycles. The summed E-state index contributed by atoms with van der Waals surface area (Å²) in [6, 6.07) is 6.18. The van der Waals surface area contributed by atoms with E-state index in [2.05, 4.69) is 21.7 Å². The van der Waals surface area contributed by atoms with Crippen molar-refractivity contribution >= 4 is 11.4 Å². The van der Waals surface area contributed by atoms with Gasteiger partial charge in [-0.15, -0.1) is 0 Å². The van der Waals surface area contributed by atoms with Crippen molar-refractivity contribution in [1.82, 2.24) is 19.6 Å². The van der Waals surface area contributed by atoms with Gasteiger partial charge >= 0.3 is 0 Å². The fourth-order valence-electron chi connectivity index (χ4n) is 3.80. The van der Waals surface area contributed by atoms with Gasteiger partial charge in [0, 0.05) is 19.3 Å². The lowest BCUT2D eigenvalue weighted by atomic mass is 10.2. The van der Waals surface area contributed by atoms with Crippen LogP contribution < -0.4 is 5.32 Å². The third-order valence-corrected chi connectivity index (χ3v) is 5.12. The number of likely N-dealkylation sites (tertiary alicyclic amines) is 1. The Morgan fingerprint density at radius 2 is 2.29 bits per heavy atom. The number of fused-ring (bicyclic) bond motifs is 1. The van der Waals surface area contributed by atoms with Crippen LogP contribution in [0.15, 0.2) is 24.4 Å². The number of rotatable bonds is 4. The number of carbonyl (C=O) groups excluding carboxylic acids is 1. The van der Waals surface area contributed by atoms with Gasteiger partial charge in [-0.05, 0) is 51.4 Å². The molecule has 0 radical (unpaired) electrons. The van der Waals surface area contributed by atoms with Crippen LogP contribution in [0.4, 0.5) is 0 Å². The van der Waals surface area contributed by atoms with Crippen LogP contribution in [-0.2, 0) is 4.74 Å². The van der Waals surface area contributed by atoms with Gasteiger partial charge in [-0.2, -0.15) is 0 Å². The summed E-state index contributed by atoms with van der Waals surface area (Å²) in [5.41, 5.74) is 1.39. The van der Waals surface area contributed by atoms with Crippen LogP contribution >= 0.6 is 0 Å². The van der Waals surface area contributed by atoms with E-state index in [4.69, 9.17) is 9.72 Å². The molecular weight excluding hydrogens is 304 g/mol. The van der Waals surface area contributed by atoms with Crippen molar-refractivity contribution in [2.45, 2.75) is 37.8 Å². The van der Waals surface area contributed by atoms with Crippen molar-refractivity contribution in [2.24, 2.45) is 0 Å². The molecule has 2 atom stereocenters. The highest BCUT2D eigenvalue weighted by Gasteiger charge is 2.29. The molecule has 2 aromatic rings. The van der Waals surface area contributed by atoms with Gasteiger partial charge in [-0.3, -0.25) is 9.69 Å². The molecule has 1 N–H and O–H groups in total. The van der Waals surface area contributed by atoms with Crippen molar-refractivity contribution < 1.29 is 9.53 Å². The van der Waals surface area contributed by atoms with Crippen molar-refractivity contribution in [1.29, 1.82) is 0 Å². The fraction of sp³-hybridized carbons (Fsp3) is 0.556. The molecule has 0 unspecified atom stereocenters. The number of ether oxygens (including phenoxy) is 1. The zero-order valence-corrected chi connectivity index (χ0v) is 14.1. The minimum Gasteiger partial charge on any atom is -0.376 e. The van der Waals surface area contributed by atoms with Crippen LogP contribution in [0.5, 0.6) is 0 Å². The van der Waals surface area contributed by atoms with Crippen LogP contribution in [0, 0.1) is 0 Å². The van der Waals surface area contributed by atoms with Crippen LogP contribution in [0.1, 0.15) is 48.0 Å². The molecule has 128 valence electrons. The summed E-state index contributed by atoms with van der Waals surface area (Å²) in [7, 11) is 2.12. The zero-order chi connectivity index (χ0) is 16.5. The molecule has 2 aromatic heterocycles. The van der Waals surface area contributed by atoms with Gasteiger partial charge in [0.15, 0.2) is 5.69 Å². The molecule has 6 heteroatoms. The van der Waals surface area contributed by atoms with Crippen LogP contribution in [-0.4, -0.2) is 53.0 Å². The molecule has 0 aliphatic carbocycles. The summed E-state index contributed by atoms with van der Waals surface area (Å²) in [5.74, 6) is 0.856. The minimum atomic E-state index is -0.110. The molecule has 0 bridgehead atoms. The highest BCUT2D eigenvalue weighted by Crippen LogP contribution is 2.31. The number of imidazole rings is 1. The smallest absolute Gasteiger partial charge is 0.272 e. The summed E-state index contributed by atoms with van der Waals surface area (Å²) in [4.78, 5) is 19.7.